The van der Waals surface area contributed by atoms with Crippen molar-refractivity contribution < 1.29 is 14.6 Å². The van der Waals surface area contributed by atoms with Crippen LogP contribution in [-0.4, -0.2) is 19.3 Å². The van der Waals surface area contributed by atoms with Gasteiger partial charge in [0, 0.05) is 23.9 Å². The molecule has 0 aliphatic heterocycles. The molecule has 0 radical (unpaired) electrons. The average Bonchev–Trinajstić information content (AvgIpc) is 2.91. The van der Waals surface area contributed by atoms with Crippen molar-refractivity contribution in [2.45, 2.75) is 18.9 Å². The normalized spacial score (nSPS) is 16.4. The molecule has 0 saturated heterocycles. The van der Waals surface area contributed by atoms with Gasteiger partial charge in [0.25, 0.3) is 0 Å². The maximum Gasteiger partial charge on any atom is 0.124 e. The van der Waals surface area contributed by atoms with Gasteiger partial charge < -0.3 is 19.9 Å². The number of aromatic hydroxyl groups is 1. The minimum Gasteiger partial charge on any atom is -0.508 e. The van der Waals surface area contributed by atoms with Crippen molar-refractivity contribution >= 4 is 5.69 Å². The van der Waals surface area contributed by atoms with Crippen molar-refractivity contribution in [3.63, 3.8) is 0 Å². The van der Waals surface area contributed by atoms with Gasteiger partial charge in [0.15, 0.2) is 0 Å². The molecule has 0 saturated carbocycles. The molecule has 1 unspecified atom stereocenters. The molecule has 21 heavy (non-hydrogen) atoms. The van der Waals surface area contributed by atoms with Crippen molar-refractivity contribution in [3.8, 4) is 17.2 Å². The van der Waals surface area contributed by atoms with Crippen molar-refractivity contribution in [1.82, 2.24) is 0 Å². The molecular weight excluding hydrogens is 266 g/mol. The molecule has 3 rings (SSSR count). The number of nitrogens with one attached hydrogen (secondary N) is 1. The fraction of sp³-hybridized carbons (Fsp3) is 0.294. The van der Waals surface area contributed by atoms with Crippen LogP contribution in [0.15, 0.2) is 36.4 Å². The molecule has 1 aliphatic carbocycles. The number of hydrogen-bond donors (Lipinski definition) is 2. The topological polar surface area (TPSA) is 50.7 Å². The van der Waals surface area contributed by atoms with Crippen molar-refractivity contribution in [2.24, 2.45) is 0 Å². The van der Waals surface area contributed by atoms with E-state index in [0.29, 0.717) is 5.75 Å². The van der Waals surface area contributed by atoms with Gasteiger partial charge in [0.1, 0.15) is 17.2 Å². The van der Waals surface area contributed by atoms with Crippen LogP contribution in [0.5, 0.6) is 17.2 Å². The van der Waals surface area contributed by atoms with Crippen LogP contribution in [0.2, 0.25) is 0 Å². The minimum atomic E-state index is 0.198. The van der Waals surface area contributed by atoms with E-state index >= 15 is 0 Å². The zero-order valence-electron chi connectivity index (χ0n) is 12.2. The summed E-state index contributed by atoms with van der Waals surface area (Å²) < 4.78 is 10.6. The van der Waals surface area contributed by atoms with Gasteiger partial charge >= 0.3 is 0 Å². The Morgan fingerprint density at radius 1 is 1.10 bits per heavy atom. The number of phenols is 1. The predicted octanol–water partition coefficient (Wildman–Crippen LogP) is 3.51. The molecule has 1 aliphatic rings. The molecule has 0 spiro atoms. The van der Waals surface area contributed by atoms with E-state index in [9.17, 15) is 5.11 Å². The third-order valence-corrected chi connectivity index (χ3v) is 3.94. The number of anilines is 1. The number of hydrogen-bond acceptors (Lipinski definition) is 4. The summed E-state index contributed by atoms with van der Waals surface area (Å²) >= 11 is 0. The van der Waals surface area contributed by atoms with Crippen LogP contribution in [0.1, 0.15) is 23.6 Å². The molecule has 0 amide bonds. The van der Waals surface area contributed by atoms with E-state index in [2.05, 4.69) is 11.4 Å². The van der Waals surface area contributed by atoms with E-state index in [0.717, 1.165) is 41.2 Å². The largest absolute Gasteiger partial charge is 0.508 e. The Hall–Kier alpha value is -2.36. The smallest absolute Gasteiger partial charge is 0.124 e. The Morgan fingerprint density at radius 2 is 1.81 bits per heavy atom. The molecule has 4 nitrogen and oxygen atoms in total. The summed E-state index contributed by atoms with van der Waals surface area (Å²) in [5.74, 6) is 1.90. The maximum atomic E-state index is 9.91. The molecule has 2 aromatic rings. The average molecular weight is 285 g/mol. The summed E-state index contributed by atoms with van der Waals surface area (Å²) in [5.41, 5.74) is 3.16. The van der Waals surface area contributed by atoms with Crippen LogP contribution in [0, 0.1) is 0 Å². The number of methoxy groups -OCH3 is 2. The second-order valence-corrected chi connectivity index (χ2v) is 5.18. The molecule has 0 heterocycles. The minimum absolute atomic E-state index is 0.198. The fourth-order valence-corrected chi connectivity index (χ4v) is 2.88. The highest BCUT2D eigenvalue weighted by molar-refractivity contribution is 5.56. The van der Waals surface area contributed by atoms with Crippen LogP contribution in [0.3, 0.4) is 0 Å². The molecule has 2 aromatic carbocycles. The molecular formula is C17H19NO3. The molecule has 1 atom stereocenters. The fourth-order valence-electron chi connectivity index (χ4n) is 2.88. The lowest BCUT2D eigenvalue weighted by atomic mass is 10.1. The Labute approximate surface area is 124 Å². The lowest BCUT2D eigenvalue weighted by Crippen LogP contribution is -2.07. The lowest BCUT2D eigenvalue weighted by Gasteiger charge is -2.17. The van der Waals surface area contributed by atoms with Crippen LogP contribution >= 0.6 is 0 Å². The monoisotopic (exact) mass is 285 g/mol. The van der Waals surface area contributed by atoms with E-state index in [1.807, 2.05) is 24.3 Å². The first-order chi connectivity index (χ1) is 10.2. The van der Waals surface area contributed by atoms with Crippen LogP contribution in [0.4, 0.5) is 5.69 Å². The van der Waals surface area contributed by atoms with Gasteiger partial charge in [-0.1, -0.05) is 12.1 Å². The highest BCUT2D eigenvalue weighted by atomic mass is 16.5. The van der Waals surface area contributed by atoms with Gasteiger partial charge in [0.2, 0.25) is 0 Å². The number of fused-ring (bicyclic) bond motifs is 1. The summed E-state index contributed by atoms with van der Waals surface area (Å²) in [6, 6.07) is 11.6. The van der Waals surface area contributed by atoms with Gasteiger partial charge in [-0.05, 0) is 30.0 Å². The zero-order chi connectivity index (χ0) is 14.8. The summed E-state index contributed by atoms with van der Waals surface area (Å²) in [6.07, 6.45) is 1.85. The van der Waals surface area contributed by atoms with Gasteiger partial charge in [0.05, 0.1) is 20.3 Å². The summed E-state index contributed by atoms with van der Waals surface area (Å²) in [6.45, 7) is 0. The predicted molar refractivity (Wildman–Crippen MR) is 82.3 cm³/mol. The third kappa shape index (κ3) is 2.61. The summed E-state index contributed by atoms with van der Waals surface area (Å²) in [7, 11) is 3.28. The van der Waals surface area contributed by atoms with Crippen molar-refractivity contribution in [1.29, 1.82) is 0 Å². The van der Waals surface area contributed by atoms with Crippen LogP contribution in [-0.2, 0) is 6.42 Å². The molecule has 0 fully saturated rings. The van der Waals surface area contributed by atoms with Crippen LogP contribution < -0.4 is 14.8 Å². The van der Waals surface area contributed by atoms with E-state index in [-0.39, 0.29) is 6.04 Å². The number of rotatable bonds is 4. The van der Waals surface area contributed by atoms with E-state index in [4.69, 9.17) is 9.47 Å². The molecule has 0 aromatic heterocycles. The van der Waals surface area contributed by atoms with Gasteiger partial charge in [-0.3, -0.25) is 0 Å². The summed E-state index contributed by atoms with van der Waals surface area (Å²) in [5, 5.41) is 13.4. The van der Waals surface area contributed by atoms with E-state index in [1.54, 1.807) is 20.3 Å². The first-order valence-electron chi connectivity index (χ1n) is 7.01. The van der Waals surface area contributed by atoms with Crippen LogP contribution in [0.25, 0.3) is 0 Å². The Bertz CT molecular complexity index is 632. The standard InChI is InChI=1S/C17H19NO3/c1-20-12-8-11(9-13(10-12)21-2)18-16-7-6-15-14(16)4-3-5-17(15)19/h3-5,8-10,16,18-19H,6-7H2,1-2H3. The van der Waals surface area contributed by atoms with Crippen molar-refractivity contribution in [3.05, 3.63) is 47.5 Å². The van der Waals surface area contributed by atoms with Crippen molar-refractivity contribution in [2.75, 3.05) is 19.5 Å². The second-order valence-electron chi connectivity index (χ2n) is 5.18. The molecule has 2 N–H and O–H groups in total. The quantitative estimate of drug-likeness (QED) is 0.902. The highest BCUT2D eigenvalue weighted by Gasteiger charge is 2.24. The van der Waals surface area contributed by atoms with E-state index in [1.165, 1.54) is 0 Å². The Morgan fingerprint density at radius 3 is 2.48 bits per heavy atom. The number of ether oxygens (including phenoxy) is 2. The van der Waals surface area contributed by atoms with E-state index < -0.39 is 0 Å². The Kier molecular flexibility index (Phi) is 3.60. The second kappa shape index (κ2) is 5.56. The SMILES string of the molecule is COc1cc(NC2CCc3c(O)cccc32)cc(OC)c1. The first-order valence-corrected chi connectivity index (χ1v) is 7.01. The maximum absolute atomic E-state index is 9.91. The molecule has 0 bridgehead atoms. The van der Waals surface area contributed by atoms with Gasteiger partial charge in [-0.2, -0.15) is 0 Å². The molecule has 4 heteroatoms. The van der Waals surface area contributed by atoms with Gasteiger partial charge in [-0.25, -0.2) is 0 Å². The summed E-state index contributed by atoms with van der Waals surface area (Å²) in [4.78, 5) is 0. The lowest BCUT2D eigenvalue weighted by molar-refractivity contribution is 0.394. The van der Waals surface area contributed by atoms with Gasteiger partial charge in [-0.15, -0.1) is 0 Å². The third-order valence-electron chi connectivity index (χ3n) is 3.94. The first kappa shape index (κ1) is 13.6. The molecule has 110 valence electrons. The zero-order valence-corrected chi connectivity index (χ0v) is 12.2. The highest BCUT2D eigenvalue weighted by Crippen LogP contribution is 2.39. The number of phenolic OH excluding ortho intramolecular Hbond substituents is 1. The Balaban J connectivity index is 1.87. The number of benzene rings is 2.